The van der Waals surface area contributed by atoms with Crippen LogP contribution >= 0.6 is 0 Å². The lowest BCUT2D eigenvalue weighted by molar-refractivity contribution is -0.130. The zero-order chi connectivity index (χ0) is 16.0. The largest absolute Gasteiger partial charge is 0.353 e. The van der Waals surface area contributed by atoms with E-state index in [1.54, 1.807) is 0 Å². The van der Waals surface area contributed by atoms with E-state index in [9.17, 15) is 4.79 Å². The van der Waals surface area contributed by atoms with Crippen molar-refractivity contribution >= 4 is 5.91 Å². The minimum atomic E-state index is -0.289. The molecule has 1 fully saturated rings. The van der Waals surface area contributed by atoms with Crippen molar-refractivity contribution in [3.8, 4) is 0 Å². The standard InChI is InChI=1S/C19H30N2O/c1-15-14-17(11-13-20-15)21-18(22)19(2,3)12-7-10-16-8-5-4-6-9-16/h4-6,8-9,15,17,20H,7,10-14H2,1-3H3,(H,21,22). The van der Waals surface area contributed by atoms with E-state index in [2.05, 4.69) is 55.7 Å². The molecule has 1 aliphatic heterocycles. The van der Waals surface area contributed by atoms with Gasteiger partial charge in [0.2, 0.25) is 5.91 Å². The Kier molecular flexibility index (Phi) is 6.01. The fourth-order valence-electron chi connectivity index (χ4n) is 3.14. The highest BCUT2D eigenvalue weighted by Crippen LogP contribution is 2.24. The first kappa shape index (κ1) is 17.0. The van der Waals surface area contributed by atoms with Crippen molar-refractivity contribution in [1.82, 2.24) is 10.6 Å². The van der Waals surface area contributed by atoms with Crippen LogP contribution in [0.5, 0.6) is 0 Å². The van der Waals surface area contributed by atoms with Gasteiger partial charge < -0.3 is 10.6 Å². The van der Waals surface area contributed by atoms with E-state index in [-0.39, 0.29) is 11.3 Å². The maximum Gasteiger partial charge on any atom is 0.225 e. The lowest BCUT2D eigenvalue weighted by Gasteiger charge is -2.32. The molecule has 2 atom stereocenters. The van der Waals surface area contributed by atoms with Crippen LogP contribution in [0.3, 0.4) is 0 Å². The lowest BCUT2D eigenvalue weighted by Crippen LogP contribution is -2.49. The summed E-state index contributed by atoms with van der Waals surface area (Å²) in [4.78, 5) is 12.6. The minimum Gasteiger partial charge on any atom is -0.353 e. The van der Waals surface area contributed by atoms with Crippen molar-refractivity contribution in [2.24, 2.45) is 5.41 Å². The first-order chi connectivity index (χ1) is 10.5. The molecule has 0 saturated carbocycles. The molecule has 0 aromatic heterocycles. The van der Waals surface area contributed by atoms with Crippen LogP contribution in [0.25, 0.3) is 0 Å². The number of aryl methyl sites for hydroxylation is 1. The lowest BCUT2D eigenvalue weighted by atomic mass is 9.85. The molecule has 2 rings (SSSR count). The van der Waals surface area contributed by atoms with Crippen molar-refractivity contribution in [1.29, 1.82) is 0 Å². The molecule has 1 aromatic carbocycles. The Labute approximate surface area is 134 Å². The fourth-order valence-corrected chi connectivity index (χ4v) is 3.14. The number of amides is 1. The third-order valence-corrected chi connectivity index (χ3v) is 4.68. The third kappa shape index (κ3) is 5.13. The van der Waals surface area contributed by atoms with Crippen LogP contribution in [0.2, 0.25) is 0 Å². The van der Waals surface area contributed by atoms with Gasteiger partial charge in [-0.3, -0.25) is 4.79 Å². The monoisotopic (exact) mass is 302 g/mol. The van der Waals surface area contributed by atoms with Crippen molar-refractivity contribution < 1.29 is 4.79 Å². The van der Waals surface area contributed by atoms with Gasteiger partial charge in [-0.15, -0.1) is 0 Å². The molecule has 2 unspecified atom stereocenters. The molecular weight excluding hydrogens is 272 g/mol. The Morgan fingerprint density at radius 3 is 2.73 bits per heavy atom. The van der Waals surface area contributed by atoms with Crippen molar-refractivity contribution in [3.05, 3.63) is 35.9 Å². The van der Waals surface area contributed by atoms with Crippen LogP contribution in [-0.4, -0.2) is 24.5 Å². The van der Waals surface area contributed by atoms with Crippen molar-refractivity contribution in [3.63, 3.8) is 0 Å². The second-order valence-electron chi connectivity index (χ2n) is 7.27. The SMILES string of the molecule is CC1CC(NC(=O)C(C)(C)CCCc2ccccc2)CCN1. The number of rotatable bonds is 6. The number of carbonyl (C=O) groups is 1. The number of piperidine rings is 1. The second kappa shape index (κ2) is 7.77. The van der Waals surface area contributed by atoms with Gasteiger partial charge in [-0.05, 0) is 51.1 Å². The van der Waals surface area contributed by atoms with Gasteiger partial charge in [0.1, 0.15) is 0 Å². The van der Waals surface area contributed by atoms with Gasteiger partial charge >= 0.3 is 0 Å². The highest BCUT2D eigenvalue weighted by atomic mass is 16.2. The smallest absolute Gasteiger partial charge is 0.225 e. The Morgan fingerprint density at radius 2 is 2.05 bits per heavy atom. The first-order valence-electron chi connectivity index (χ1n) is 8.55. The molecule has 1 amide bonds. The summed E-state index contributed by atoms with van der Waals surface area (Å²) in [6, 6.07) is 11.3. The molecule has 122 valence electrons. The number of nitrogens with one attached hydrogen (secondary N) is 2. The average Bonchev–Trinajstić information content (AvgIpc) is 2.48. The van der Waals surface area contributed by atoms with E-state index >= 15 is 0 Å². The molecular formula is C19H30N2O. The van der Waals surface area contributed by atoms with Gasteiger partial charge in [0, 0.05) is 17.5 Å². The van der Waals surface area contributed by atoms with Crippen LogP contribution < -0.4 is 10.6 Å². The van der Waals surface area contributed by atoms with Crippen LogP contribution in [-0.2, 0) is 11.2 Å². The van der Waals surface area contributed by atoms with Crippen LogP contribution in [0.4, 0.5) is 0 Å². The zero-order valence-corrected chi connectivity index (χ0v) is 14.2. The molecule has 22 heavy (non-hydrogen) atoms. The molecule has 1 heterocycles. The summed E-state index contributed by atoms with van der Waals surface area (Å²) in [7, 11) is 0. The molecule has 1 aliphatic rings. The summed E-state index contributed by atoms with van der Waals surface area (Å²) < 4.78 is 0. The van der Waals surface area contributed by atoms with Gasteiger partial charge in [-0.2, -0.15) is 0 Å². The molecule has 0 spiro atoms. The Hall–Kier alpha value is -1.35. The number of carbonyl (C=O) groups excluding carboxylic acids is 1. The van der Waals surface area contributed by atoms with Crippen LogP contribution in [0.15, 0.2) is 30.3 Å². The quantitative estimate of drug-likeness (QED) is 0.846. The highest BCUT2D eigenvalue weighted by Gasteiger charge is 2.30. The van der Waals surface area contributed by atoms with E-state index in [4.69, 9.17) is 0 Å². The number of benzene rings is 1. The van der Waals surface area contributed by atoms with Gasteiger partial charge in [-0.1, -0.05) is 44.2 Å². The van der Waals surface area contributed by atoms with Gasteiger partial charge in [0.15, 0.2) is 0 Å². The molecule has 1 saturated heterocycles. The third-order valence-electron chi connectivity index (χ3n) is 4.68. The molecule has 0 radical (unpaired) electrons. The van der Waals surface area contributed by atoms with E-state index in [1.807, 2.05) is 6.07 Å². The highest BCUT2D eigenvalue weighted by molar-refractivity contribution is 5.82. The van der Waals surface area contributed by atoms with E-state index in [0.717, 1.165) is 38.6 Å². The van der Waals surface area contributed by atoms with E-state index in [0.29, 0.717) is 12.1 Å². The van der Waals surface area contributed by atoms with Crippen LogP contribution in [0.1, 0.15) is 52.0 Å². The summed E-state index contributed by atoms with van der Waals surface area (Å²) in [5.41, 5.74) is 1.06. The van der Waals surface area contributed by atoms with Crippen molar-refractivity contribution in [2.75, 3.05) is 6.54 Å². The maximum absolute atomic E-state index is 12.6. The Bertz CT molecular complexity index is 470. The topological polar surface area (TPSA) is 41.1 Å². The molecule has 1 aromatic rings. The van der Waals surface area contributed by atoms with E-state index < -0.39 is 0 Å². The minimum absolute atomic E-state index is 0.208. The molecule has 0 aliphatic carbocycles. The van der Waals surface area contributed by atoms with Crippen LogP contribution in [0, 0.1) is 5.41 Å². The van der Waals surface area contributed by atoms with Gasteiger partial charge in [0.05, 0.1) is 0 Å². The number of hydrogen-bond donors (Lipinski definition) is 2. The normalized spacial score (nSPS) is 22.3. The number of hydrogen-bond acceptors (Lipinski definition) is 2. The summed E-state index contributed by atoms with van der Waals surface area (Å²) in [6.07, 6.45) is 5.09. The second-order valence-corrected chi connectivity index (χ2v) is 7.27. The predicted molar refractivity (Wildman–Crippen MR) is 91.8 cm³/mol. The zero-order valence-electron chi connectivity index (χ0n) is 14.2. The molecule has 3 heteroatoms. The summed E-state index contributed by atoms with van der Waals surface area (Å²) >= 11 is 0. The fraction of sp³-hybridized carbons (Fsp3) is 0.632. The summed E-state index contributed by atoms with van der Waals surface area (Å²) in [6.45, 7) is 7.32. The Morgan fingerprint density at radius 1 is 1.32 bits per heavy atom. The average molecular weight is 302 g/mol. The molecule has 2 N–H and O–H groups in total. The molecule has 3 nitrogen and oxygen atoms in total. The predicted octanol–water partition coefficient (Wildman–Crippen LogP) is 3.29. The van der Waals surface area contributed by atoms with Gasteiger partial charge in [0.25, 0.3) is 0 Å². The molecule has 0 bridgehead atoms. The first-order valence-corrected chi connectivity index (χ1v) is 8.55. The van der Waals surface area contributed by atoms with E-state index in [1.165, 1.54) is 5.56 Å². The van der Waals surface area contributed by atoms with Crippen molar-refractivity contribution in [2.45, 2.75) is 65.0 Å². The summed E-state index contributed by atoms with van der Waals surface area (Å²) in [5, 5.41) is 6.68. The summed E-state index contributed by atoms with van der Waals surface area (Å²) in [5.74, 6) is 0.208. The maximum atomic E-state index is 12.6. The van der Waals surface area contributed by atoms with Gasteiger partial charge in [-0.25, -0.2) is 0 Å². The Balaban J connectivity index is 1.77.